The molecule has 0 spiro atoms. The second kappa shape index (κ2) is 14.5. The molecule has 1 N–H and O–H groups in total. The highest BCUT2D eigenvalue weighted by molar-refractivity contribution is 7.74. The first kappa shape index (κ1) is 19.1. The third-order valence-electron chi connectivity index (χ3n) is 3.50. The van der Waals surface area contributed by atoms with Gasteiger partial charge in [0.1, 0.15) is 0 Å². The van der Waals surface area contributed by atoms with Crippen LogP contribution in [0.4, 0.5) is 0 Å². The van der Waals surface area contributed by atoms with E-state index in [1.54, 1.807) is 0 Å². The smallest absolute Gasteiger partial charge is 0.284 e. The molecule has 0 aromatic heterocycles. The monoisotopic (exact) mass is 292 g/mol. The van der Waals surface area contributed by atoms with E-state index in [1.807, 2.05) is 0 Å². The number of hydrogen-bond donors (Lipinski definition) is 1. The second-order valence-electron chi connectivity index (χ2n) is 5.58. The van der Waals surface area contributed by atoms with Gasteiger partial charge in [-0.3, -0.25) is 8.74 Å². The Labute approximate surface area is 122 Å². The number of rotatable bonds is 14. The minimum Gasteiger partial charge on any atom is -0.284 e. The van der Waals surface area contributed by atoms with Crippen molar-refractivity contribution in [3.8, 4) is 0 Å². The quantitative estimate of drug-likeness (QED) is 0.358. The van der Waals surface area contributed by atoms with E-state index in [1.165, 1.54) is 64.2 Å². The summed E-state index contributed by atoms with van der Waals surface area (Å²) in [4.78, 5) is 0. The van der Waals surface area contributed by atoms with Gasteiger partial charge in [-0.1, -0.05) is 78.1 Å². The Morgan fingerprint density at radius 2 is 1.42 bits per heavy atom. The summed E-state index contributed by atoms with van der Waals surface area (Å²) in [5.74, 6) is 0.380. The van der Waals surface area contributed by atoms with Crippen LogP contribution in [0.2, 0.25) is 0 Å². The lowest BCUT2D eigenvalue weighted by atomic mass is 10.0. The highest BCUT2D eigenvalue weighted by Gasteiger charge is 2.04. The molecule has 0 saturated heterocycles. The Hall–Kier alpha value is 0.0700. The second-order valence-corrected chi connectivity index (χ2v) is 6.25. The van der Waals surface area contributed by atoms with Crippen LogP contribution in [0.5, 0.6) is 0 Å². The predicted molar refractivity (Wildman–Crippen MR) is 82.3 cm³/mol. The van der Waals surface area contributed by atoms with Gasteiger partial charge < -0.3 is 0 Å². The summed E-state index contributed by atoms with van der Waals surface area (Å²) in [6.07, 6.45) is 14.6. The summed E-state index contributed by atoms with van der Waals surface area (Å²) < 4.78 is 23.5. The van der Waals surface area contributed by atoms with Crippen LogP contribution in [0.25, 0.3) is 0 Å². The maximum Gasteiger partial charge on any atom is 0.301 e. The summed E-state index contributed by atoms with van der Waals surface area (Å²) in [6.45, 7) is 4.71. The van der Waals surface area contributed by atoms with Crippen LogP contribution < -0.4 is 0 Å². The number of unbranched alkanes of at least 4 members (excludes halogenated alkanes) is 9. The van der Waals surface area contributed by atoms with Gasteiger partial charge in [0.15, 0.2) is 0 Å². The molecule has 0 rings (SSSR count). The number of hydrogen-bond acceptors (Lipinski definition) is 2. The van der Waals surface area contributed by atoms with Crippen molar-refractivity contribution in [2.24, 2.45) is 5.92 Å². The minimum absolute atomic E-state index is 0.380. The zero-order chi connectivity index (χ0) is 14.3. The van der Waals surface area contributed by atoms with Gasteiger partial charge >= 0.3 is 11.4 Å². The van der Waals surface area contributed by atoms with Crippen molar-refractivity contribution in [2.75, 3.05) is 6.61 Å². The predicted octanol–water partition coefficient (Wildman–Crippen LogP) is 5.09. The van der Waals surface area contributed by atoms with E-state index < -0.39 is 11.4 Å². The van der Waals surface area contributed by atoms with E-state index in [2.05, 4.69) is 18.0 Å². The molecular formula is C15H32O3S. The van der Waals surface area contributed by atoms with Gasteiger partial charge in [-0.05, 0) is 12.3 Å². The Morgan fingerprint density at radius 3 is 1.89 bits per heavy atom. The van der Waals surface area contributed by atoms with E-state index >= 15 is 0 Å². The third-order valence-corrected chi connectivity index (χ3v) is 3.84. The van der Waals surface area contributed by atoms with Gasteiger partial charge in [-0.15, -0.1) is 0 Å². The molecule has 0 heterocycles. The summed E-state index contributed by atoms with van der Waals surface area (Å²) in [5, 5.41) is 0. The summed E-state index contributed by atoms with van der Waals surface area (Å²) in [7, 11) is 0. The lowest BCUT2D eigenvalue weighted by Crippen LogP contribution is -2.07. The van der Waals surface area contributed by atoms with Gasteiger partial charge in [-0.25, -0.2) is 0 Å². The van der Waals surface area contributed by atoms with Crippen molar-refractivity contribution in [2.45, 2.75) is 84.5 Å². The SMILES string of the molecule is CCCCCCCCCCCCC(C)COS(=O)O. The Kier molecular flexibility index (Phi) is 14.5. The van der Waals surface area contributed by atoms with Crippen LogP contribution >= 0.6 is 0 Å². The molecule has 0 fully saturated rings. The molecule has 0 aliphatic carbocycles. The molecule has 2 unspecified atom stereocenters. The first-order valence-corrected chi connectivity index (χ1v) is 8.94. The van der Waals surface area contributed by atoms with Crippen LogP contribution in [0.3, 0.4) is 0 Å². The Balaban J connectivity index is 3.11. The van der Waals surface area contributed by atoms with E-state index in [9.17, 15) is 4.21 Å². The average molecular weight is 292 g/mol. The van der Waals surface area contributed by atoms with Crippen LogP contribution in [0, 0.1) is 5.92 Å². The molecule has 116 valence electrons. The molecule has 0 aromatic rings. The average Bonchev–Trinajstić information content (AvgIpc) is 2.38. The molecule has 0 amide bonds. The van der Waals surface area contributed by atoms with Gasteiger partial charge in [0.25, 0.3) is 0 Å². The maximum absolute atomic E-state index is 10.3. The van der Waals surface area contributed by atoms with E-state index in [-0.39, 0.29) is 0 Å². The molecule has 0 bridgehead atoms. The molecule has 0 aromatic carbocycles. The van der Waals surface area contributed by atoms with Crippen molar-refractivity contribution in [1.29, 1.82) is 0 Å². The van der Waals surface area contributed by atoms with Gasteiger partial charge in [0, 0.05) is 0 Å². The standard InChI is InChI=1S/C15H32O3S/c1-3-4-5-6-7-8-9-10-11-12-13-15(2)14-18-19(16)17/h15H,3-14H2,1-2H3,(H,16,17). The lowest BCUT2D eigenvalue weighted by Gasteiger charge is -2.09. The highest BCUT2D eigenvalue weighted by atomic mass is 32.2. The Morgan fingerprint density at radius 1 is 0.947 bits per heavy atom. The summed E-state index contributed by atoms with van der Waals surface area (Å²) in [6, 6.07) is 0. The molecule has 4 heteroatoms. The van der Waals surface area contributed by atoms with Crippen molar-refractivity contribution in [1.82, 2.24) is 0 Å². The zero-order valence-electron chi connectivity index (χ0n) is 12.7. The van der Waals surface area contributed by atoms with E-state index in [4.69, 9.17) is 4.55 Å². The van der Waals surface area contributed by atoms with Gasteiger partial charge in [-0.2, -0.15) is 4.21 Å². The fraction of sp³-hybridized carbons (Fsp3) is 1.00. The minimum atomic E-state index is -2.10. The fourth-order valence-electron chi connectivity index (χ4n) is 2.24. The van der Waals surface area contributed by atoms with Crippen LogP contribution in [0.1, 0.15) is 84.5 Å². The van der Waals surface area contributed by atoms with Crippen molar-refractivity contribution < 1.29 is 12.9 Å². The molecule has 3 nitrogen and oxygen atoms in total. The van der Waals surface area contributed by atoms with Crippen LogP contribution in [-0.4, -0.2) is 15.4 Å². The van der Waals surface area contributed by atoms with Crippen molar-refractivity contribution >= 4 is 11.4 Å². The topological polar surface area (TPSA) is 46.5 Å². The molecule has 0 radical (unpaired) electrons. The normalized spacial score (nSPS) is 14.5. The molecule has 0 aliphatic rings. The van der Waals surface area contributed by atoms with E-state index in [0.29, 0.717) is 12.5 Å². The molecular weight excluding hydrogens is 260 g/mol. The molecule has 19 heavy (non-hydrogen) atoms. The highest BCUT2D eigenvalue weighted by Crippen LogP contribution is 2.14. The van der Waals surface area contributed by atoms with Gasteiger partial charge in [0.05, 0.1) is 6.61 Å². The lowest BCUT2D eigenvalue weighted by molar-refractivity contribution is 0.247. The largest absolute Gasteiger partial charge is 0.301 e. The molecule has 0 aliphatic heterocycles. The van der Waals surface area contributed by atoms with Gasteiger partial charge in [0.2, 0.25) is 0 Å². The van der Waals surface area contributed by atoms with Crippen LogP contribution in [0.15, 0.2) is 0 Å². The summed E-state index contributed by atoms with van der Waals surface area (Å²) >= 11 is -2.10. The first-order chi connectivity index (χ1) is 9.16. The third kappa shape index (κ3) is 16.0. The van der Waals surface area contributed by atoms with Crippen LogP contribution in [-0.2, 0) is 15.5 Å². The summed E-state index contributed by atoms with van der Waals surface area (Å²) in [5.41, 5.74) is 0. The van der Waals surface area contributed by atoms with Crippen molar-refractivity contribution in [3.63, 3.8) is 0 Å². The maximum atomic E-state index is 10.3. The van der Waals surface area contributed by atoms with Crippen molar-refractivity contribution in [3.05, 3.63) is 0 Å². The molecule has 2 atom stereocenters. The molecule has 0 saturated carbocycles. The fourth-order valence-corrected chi connectivity index (χ4v) is 2.59. The van der Waals surface area contributed by atoms with E-state index in [0.717, 1.165) is 6.42 Å². The zero-order valence-corrected chi connectivity index (χ0v) is 13.6. The first-order valence-electron chi connectivity index (χ1n) is 7.91. The Bertz CT molecular complexity index is 210.